The second kappa shape index (κ2) is 6.75. The summed E-state index contributed by atoms with van der Waals surface area (Å²) in [5.74, 6) is -0.195. The van der Waals surface area contributed by atoms with Crippen LogP contribution in [0.1, 0.15) is 0 Å². The minimum absolute atomic E-state index is 0.0229. The summed E-state index contributed by atoms with van der Waals surface area (Å²) in [5.41, 5.74) is 1.55. The molecule has 1 aromatic rings. The van der Waals surface area contributed by atoms with E-state index in [1.54, 1.807) is 0 Å². The number of nitrogens with one attached hydrogen (secondary N) is 1. The van der Waals surface area contributed by atoms with Crippen molar-refractivity contribution >= 4 is 28.9 Å². The molecule has 0 radical (unpaired) electrons. The van der Waals surface area contributed by atoms with Crippen LogP contribution in [0.2, 0.25) is 5.02 Å². The van der Waals surface area contributed by atoms with Crippen molar-refractivity contribution in [3.05, 3.63) is 23.2 Å². The van der Waals surface area contributed by atoms with Crippen LogP contribution < -0.4 is 10.2 Å². The van der Waals surface area contributed by atoms with E-state index in [1.807, 2.05) is 18.2 Å². The number of para-hydroxylation sites is 1. The number of methoxy groups -OCH3 is 1. The van der Waals surface area contributed by atoms with E-state index in [-0.39, 0.29) is 12.5 Å². The lowest BCUT2D eigenvalue weighted by Crippen LogP contribution is -2.37. The van der Waals surface area contributed by atoms with Crippen LogP contribution in [0.5, 0.6) is 0 Å². The molecule has 1 saturated heterocycles. The second-order valence-electron chi connectivity index (χ2n) is 4.22. The van der Waals surface area contributed by atoms with Crippen molar-refractivity contribution in [2.45, 2.75) is 0 Å². The molecule has 1 heterocycles. The molecule has 2 rings (SSSR count). The highest BCUT2D eigenvalue weighted by Gasteiger charge is 2.18. The van der Waals surface area contributed by atoms with Crippen molar-refractivity contribution in [2.24, 2.45) is 0 Å². The first-order valence-electron chi connectivity index (χ1n) is 6.12. The number of nitrogens with zero attached hydrogens (tertiary/aromatic N) is 1. The number of hydrogen-bond donors (Lipinski definition) is 1. The molecule has 1 aliphatic heterocycles. The first-order chi connectivity index (χ1) is 9.22. The van der Waals surface area contributed by atoms with E-state index in [4.69, 9.17) is 21.1 Å². The Hall–Kier alpha value is -1.30. The summed E-state index contributed by atoms with van der Waals surface area (Å²) < 4.78 is 10.1. The molecule has 1 aliphatic rings. The van der Waals surface area contributed by atoms with E-state index < -0.39 is 0 Å². The van der Waals surface area contributed by atoms with Crippen LogP contribution in [-0.2, 0) is 14.3 Å². The predicted molar refractivity (Wildman–Crippen MR) is 75.0 cm³/mol. The lowest BCUT2D eigenvalue weighted by atomic mass is 10.2. The van der Waals surface area contributed by atoms with E-state index in [0.29, 0.717) is 23.9 Å². The molecular weight excluding hydrogens is 268 g/mol. The Balaban J connectivity index is 2.22. The fourth-order valence-corrected chi connectivity index (χ4v) is 2.34. The van der Waals surface area contributed by atoms with E-state index in [9.17, 15) is 4.79 Å². The Morgan fingerprint density at radius 3 is 2.89 bits per heavy atom. The van der Waals surface area contributed by atoms with E-state index in [2.05, 4.69) is 10.2 Å². The van der Waals surface area contributed by atoms with Gasteiger partial charge in [-0.2, -0.15) is 0 Å². The smallest absolute Gasteiger partial charge is 0.250 e. The number of halogens is 1. The van der Waals surface area contributed by atoms with Gasteiger partial charge in [0.15, 0.2) is 0 Å². The van der Waals surface area contributed by atoms with Gasteiger partial charge in [-0.1, -0.05) is 17.7 Å². The maximum Gasteiger partial charge on any atom is 0.250 e. The first kappa shape index (κ1) is 14.1. The number of carbonyl (C=O) groups excluding carboxylic acids is 1. The first-order valence-corrected chi connectivity index (χ1v) is 6.50. The van der Waals surface area contributed by atoms with Crippen molar-refractivity contribution in [1.82, 2.24) is 0 Å². The molecule has 0 atom stereocenters. The van der Waals surface area contributed by atoms with Crippen LogP contribution in [0.4, 0.5) is 11.4 Å². The lowest BCUT2D eigenvalue weighted by Gasteiger charge is -2.31. The van der Waals surface area contributed by atoms with Gasteiger partial charge in [0.1, 0.15) is 6.61 Å². The molecule has 0 saturated carbocycles. The SMILES string of the molecule is COCC(=O)Nc1cccc(Cl)c1N1CCOCC1. The Morgan fingerprint density at radius 2 is 2.21 bits per heavy atom. The Bertz CT molecular complexity index is 448. The van der Waals surface area contributed by atoms with E-state index in [0.717, 1.165) is 18.8 Å². The standard InChI is InChI=1S/C13H17ClN2O3/c1-18-9-12(17)15-11-4-2-3-10(14)13(11)16-5-7-19-8-6-16/h2-4H,5-9H2,1H3,(H,15,17). The molecule has 1 amide bonds. The molecule has 19 heavy (non-hydrogen) atoms. The van der Waals surface area contributed by atoms with Crippen LogP contribution in [0.3, 0.4) is 0 Å². The topological polar surface area (TPSA) is 50.8 Å². The van der Waals surface area contributed by atoms with Crippen LogP contribution >= 0.6 is 11.6 Å². The highest BCUT2D eigenvalue weighted by atomic mass is 35.5. The van der Waals surface area contributed by atoms with Crippen LogP contribution in [0.15, 0.2) is 18.2 Å². The maximum atomic E-state index is 11.6. The number of benzene rings is 1. The summed E-state index contributed by atoms with van der Waals surface area (Å²) in [7, 11) is 1.49. The van der Waals surface area contributed by atoms with Gasteiger partial charge in [-0.3, -0.25) is 4.79 Å². The molecule has 0 aromatic heterocycles. The monoisotopic (exact) mass is 284 g/mol. The minimum Gasteiger partial charge on any atom is -0.378 e. The number of carbonyl (C=O) groups is 1. The highest BCUT2D eigenvalue weighted by Crippen LogP contribution is 2.34. The van der Waals surface area contributed by atoms with Crippen molar-refractivity contribution in [3.8, 4) is 0 Å². The summed E-state index contributed by atoms with van der Waals surface area (Å²) in [4.78, 5) is 13.8. The van der Waals surface area contributed by atoms with E-state index >= 15 is 0 Å². The molecule has 0 unspecified atom stereocenters. The van der Waals surface area contributed by atoms with Crippen LogP contribution in [-0.4, -0.2) is 45.9 Å². The van der Waals surface area contributed by atoms with E-state index in [1.165, 1.54) is 7.11 Å². The number of ether oxygens (including phenoxy) is 2. The van der Waals surface area contributed by atoms with Crippen molar-refractivity contribution in [3.63, 3.8) is 0 Å². The quantitative estimate of drug-likeness (QED) is 0.915. The third kappa shape index (κ3) is 3.59. The zero-order valence-corrected chi connectivity index (χ0v) is 11.6. The fraction of sp³-hybridized carbons (Fsp3) is 0.462. The van der Waals surface area contributed by atoms with Gasteiger partial charge in [0.05, 0.1) is 29.6 Å². The highest BCUT2D eigenvalue weighted by molar-refractivity contribution is 6.34. The average Bonchev–Trinajstić information content (AvgIpc) is 2.40. The van der Waals surface area contributed by atoms with Gasteiger partial charge in [0.2, 0.25) is 5.91 Å². The van der Waals surface area contributed by atoms with Crippen molar-refractivity contribution < 1.29 is 14.3 Å². The summed E-state index contributed by atoms with van der Waals surface area (Å²) in [6.07, 6.45) is 0. The van der Waals surface area contributed by atoms with Crippen molar-refractivity contribution in [1.29, 1.82) is 0 Å². The molecule has 1 aromatic carbocycles. The molecule has 1 fully saturated rings. The molecule has 104 valence electrons. The zero-order chi connectivity index (χ0) is 13.7. The largest absolute Gasteiger partial charge is 0.378 e. The number of morpholine rings is 1. The number of rotatable bonds is 4. The van der Waals surface area contributed by atoms with Crippen molar-refractivity contribution in [2.75, 3.05) is 50.2 Å². The van der Waals surface area contributed by atoms with Crippen LogP contribution in [0, 0.1) is 0 Å². The molecule has 5 nitrogen and oxygen atoms in total. The normalized spacial score (nSPS) is 15.4. The number of amides is 1. The number of anilines is 2. The molecule has 6 heteroatoms. The molecule has 0 aliphatic carbocycles. The minimum atomic E-state index is -0.195. The van der Waals surface area contributed by atoms with Crippen LogP contribution in [0.25, 0.3) is 0 Å². The Kier molecular flexibility index (Phi) is 5.01. The molecule has 1 N–H and O–H groups in total. The third-order valence-electron chi connectivity index (χ3n) is 2.86. The van der Waals surface area contributed by atoms with Gasteiger partial charge in [0.25, 0.3) is 0 Å². The lowest BCUT2D eigenvalue weighted by molar-refractivity contribution is -0.119. The Labute approximate surface area is 117 Å². The maximum absolute atomic E-state index is 11.6. The predicted octanol–water partition coefficient (Wildman–Crippen LogP) is 1.76. The van der Waals surface area contributed by atoms with Gasteiger partial charge in [-0.15, -0.1) is 0 Å². The average molecular weight is 285 g/mol. The molecule has 0 bridgehead atoms. The Morgan fingerprint density at radius 1 is 1.47 bits per heavy atom. The van der Waals surface area contributed by atoms with Gasteiger partial charge in [-0.05, 0) is 12.1 Å². The van der Waals surface area contributed by atoms with Gasteiger partial charge >= 0.3 is 0 Å². The number of hydrogen-bond acceptors (Lipinski definition) is 4. The summed E-state index contributed by atoms with van der Waals surface area (Å²) in [5, 5.41) is 3.44. The summed E-state index contributed by atoms with van der Waals surface area (Å²) in [6, 6.07) is 5.47. The summed E-state index contributed by atoms with van der Waals surface area (Å²) in [6.45, 7) is 2.87. The zero-order valence-electron chi connectivity index (χ0n) is 10.8. The fourth-order valence-electron chi connectivity index (χ4n) is 2.04. The second-order valence-corrected chi connectivity index (χ2v) is 4.62. The summed E-state index contributed by atoms with van der Waals surface area (Å²) >= 11 is 6.26. The molecule has 0 spiro atoms. The van der Waals surface area contributed by atoms with Gasteiger partial charge in [-0.25, -0.2) is 0 Å². The molecular formula is C13H17ClN2O3. The third-order valence-corrected chi connectivity index (χ3v) is 3.17. The van der Waals surface area contributed by atoms with Gasteiger partial charge in [0, 0.05) is 20.2 Å². The van der Waals surface area contributed by atoms with Gasteiger partial charge < -0.3 is 19.7 Å².